The van der Waals surface area contributed by atoms with Crippen molar-refractivity contribution in [1.29, 1.82) is 0 Å². The maximum Gasteiger partial charge on any atom is 0.255 e. The summed E-state index contributed by atoms with van der Waals surface area (Å²) in [5.74, 6) is 0.258. The quantitative estimate of drug-likeness (QED) is 0.420. The molecule has 0 saturated carbocycles. The zero-order valence-corrected chi connectivity index (χ0v) is 16.2. The van der Waals surface area contributed by atoms with E-state index in [1.807, 2.05) is 61.5 Å². The number of carbonyl (C=O) groups is 1. The van der Waals surface area contributed by atoms with Gasteiger partial charge in [-0.1, -0.05) is 12.1 Å². The van der Waals surface area contributed by atoms with Crippen LogP contribution in [0.2, 0.25) is 0 Å². The molecule has 0 radical (unpaired) electrons. The molecule has 0 atom stereocenters. The summed E-state index contributed by atoms with van der Waals surface area (Å²) in [6.45, 7) is 1.97. The van der Waals surface area contributed by atoms with Crippen LogP contribution in [0.4, 0.5) is 5.69 Å². The largest absolute Gasteiger partial charge is 0.426 e. The molecule has 146 valence electrons. The van der Waals surface area contributed by atoms with Crippen molar-refractivity contribution in [2.24, 2.45) is 0 Å². The Morgan fingerprint density at radius 2 is 1.77 bits per heavy atom. The van der Waals surface area contributed by atoms with Gasteiger partial charge in [0.05, 0.1) is 11.0 Å². The van der Waals surface area contributed by atoms with Gasteiger partial charge in [0.1, 0.15) is 5.52 Å². The number of anilines is 1. The number of imidazole rings is 1. The van der Waals surface area contributed by atoms with Crippen molar-refractivity contribution >= 4 is 33.5 Å². The first-order valence-electron chi connectivity index (χ1n) is 9.53. The molecule has 0 aliphatic rings. The molecule has 3 aromatic carbocycles. The summed E-state index contributed by atoms with van der Waals surface area (Å²) in [7, 11) is 0. The van der Waals surface area contributed by atoms with Gasteiger partial charge >= 0.3 is 0 Å². The number of hydrogen-bond donors (Lipinski definition) is 2. The fraction of sp³-hybridized carbons (Fsp3) is 0.0417. The van der Waals surface area contributed by atoms with Crippen molar-refractivity contribution in [2.75, 3.05) is 5.32 Å². The van der Waals surface area contributed by atoms with Gasteiger partial charge in [-0.3, -0.25) is 9.78 Å². The van der Waals surface area contributed by atoms with E-state index in [0.29, 0.717) is 22.6 Å². The Morgan fingerprint density at radius 3 is 2.60 bits per heavy atom. The molecule has 0 unspecified atom stereocenters. The van der Waals surface area contributed by atoms with Crippen molar-refractivity contribution in [2.45, 2.75) is 6.92 Å². The van der Waals surface area contributed by atoms with E-state index in [4.69, 9.17) is 0 Å². The maximum absolute atomic E-state index is 12.6. The Morgan fingerprint density at radius 1 is 0.967 bits per heavy atom. The molecule has 0 aliphatic heterocycles. The second-order valence-corrected chi connectivity index (χ2v) is 7.18. The van der Waals surface area contributed by atoms with Crippen LogP contribution in [0.25, 0.3) is 33.3 Å². The number of fused-ring (bicyclic) bond motifs is 2. The summed E-state index contributed by atoms with van der Waals surface area (Å²) in [6, 6.07) is 22.1. The van der Waals surface area contributed by atoms with Gasteiger partial charge in [0, 0.05) is 28.4 Å². The topological polar surface area (TPSA) is 80.0 Å². The van der Waals surface area contributed by atoms with Crippen LogP contribution in [0.3, 0.4) is 0 Å². The monoisotopic (exact) mass is 394 g/mol. The molecule has 0 bridgehead atoms. The molecule has 6 heteroatoms. The number of hydrogen-bond acceptors (Lipinski definition) is 4. The number of amides is 1. The molecule has 30 heavy (non-hydrogen) atoms. The molecular formula is C24H18N4O2. The third-order valence-corrected chi connectivity index (χ3v) is 5.05. The Balaban J connectivity index is 1.39. The molecule has 2 aromatic heterocycles. The first-order valence-corrected chi connectivity index (χ1v) is 9.53. The van der Waals surface area contributed by atoms with Crippen LogP contribution in [0, 0.1) is 6.92 Å². The van der Waals surface area contributed by atoms with Crippen molar-refractivity contribution in [3.8, 4) is 11.4 Å². The minimum atomic E-state index is -0.196. The van der Waals surface area contributed by atoms with Crippen LogP contribution >= 0.6 is 0 Å². The van der Waals surface area contributed by atoms with Gasteiger partial charge < -0.3 is 10.5 Å². The third kappa shape index (κ3) is 3.14. The second kappa shape index (κ2) is 7.00. The highest BCUT2D eigenvalue weighted by molar-refractivity contribution is 6.06. The number of pyridine rings is 1. The van der Waals surface area contributed by atoms with E-state index >= 15 is 0 Å². The number of carbonyl (C=O) groups excluding carboxylic acids is 1. The van der Waals surface area contributed by atoms with Gasteiger partial charge in [-0.05, 0) is 73.2 Å². The number of aromatic nitrogens is 3. The van der Waals surface area contributed by atoms with E-state index in [0.717, 1.165) is 32.3 Å². The summed E-state index contributed by atoms with van der Waals surface area (Å²) in [4.78, 5) is 21.4. The van der Waals surface area contributed by atoms with Gasteiger partial charge in [0.2, 0.25) is 0 Å². The lowest BCUT2D eigenvalue weighted by Gasteiger charge is -2.07. The van der Waals surface area contributed by atoms with E-state index in [9.17, 15) is 10.0 Å². The molecule has 0 saturated heterocycles. The highest BCUT2D eigenvalue weighted by Crippen LogP contribution is 2.25. The summed E-state index contributed by atoms with van der Waals surface area (Å²) in [6.07, 6.45) is 1.73. The van der Waals surface area contributed by atoms with Gasteiger partial charge in [0.25, 0.3) is 5.91 Å². The number of benzene rings is 3. The van der Waals surface area contributed by atoms with Crippen molar-refractivity contribution in [3.63, 3.8) is 0 Å². The molecular weight excluding hydrogens is 376 g/mol. The molecule has 1 amide bonds. The van der Waals surface area contributed by atoms with E-state index < -0.39 is 0 Å². The summed E-state index contributed by atoms with van der Waals surface area (Å²) in [5.41, 5.74) is 5.25. The van der Waals surface area contributed by atoms with Crippen molar-refractivity contribution < 1.29 is 10.0 Å². The Labute approximate surface area is 172 Å². The lowest BCUT2D eigenvalue weighted by atomic mass is 10.1. The highest BCUT2D eigenvalue weighted by atomic mass is 16.5. The van der Waals surface area contributed by atoms with E-state index in [1.165, 1.54) is 0 Å². The van der Waals surface area contributed by atoms with Gasteiger partial charge in [0.15, 0.2) is 5.82 Å². The number of rotatable bonds is 3. The van der Waals surface area contributed by atoms with Crippen LogP contribution < -0.4 is 5.32 Å². The van der Waals surface area contributed by atoms with Gasteiger partial charge in [-0.15, -0.1) is 0 Å². The highest BCUT2D eigenvalue weighted by Gasteiger charge is 2.13. The van der Waals surface area contributed by atoms with Crippen LogP contribution in [-0.4, -0.2) is 25.8 Å². The molecule has 0 spiro atoms. The Hall–Kier alpha value is -4.19. The minimum absolute atomic E-state index is 0.196. The molecule has 2 N–H and O–H groups in total. The summed E-state index contributed by atoms with van der Waals surface area (Å²) >= 11 is 0. The lowest BCUT2D eigenvalue weighted by molar-refractivity contribution is 0.102. The van der Waals surface area contributed by atoms with Crippen molar-refractivity contribution in [3.05, 3.63) is 90.1 Å². The number of nitrogens with zero attached hydrogens (tertiary/aromatic N) is 3. The van der Waals surface area contributed by atoms with Crippen molar-refractivity contribution in [1.82, 2.24) is 14.7 Å². The lowest BCUT2D eigenvalue weighted by Crippen LogP contribution is -2.11. The molecule has 0 aliphatic carbocycles. The summed E-state index contributed by atoms with van der Waals surface area (Å²) < 4.78 is 1.10. The van der Waals surface area contributed by atoms with Gasteiger partial charge in [-0.25, -0.2) is 4.98 Å². The fourth-order valence-electron chi connectivity index (χ4n) is 3.48. The van der Waals surface area contributed by atoms with E-state index in [1.54, 1.807) is 24.4 Å². The fourth-order valence-corrected chi connectivity index (χ4v) is 3.48. The standard InChI is InChI=1S/C24H18N4O2/c1-15-4-10-21-22(13-15)28(30)23(27-21)16-5-8-19(9-6-16)26-24(29)18-7-11-20-17(14-18)3-2-12-25-20/h2-14,30H,1H3,(H,26,29). The van der Waals surface area contributed by atoms with Crippen LogP contribution in [0.1, 0.15) is 15.9 Å². The average molecular weight is 394 g/mol. The third-order valence-electron chi connectivity index (χ3n) is 5.05. The second-order valence-electron chi connectivity index (χ2n) is 7.18. The Bertz CT molecular complexity index is 1400. The zero-order valence-electron chi connectivity index (χ0n) is 16.2. The van der Waals surface area contributed by atoms with Crippen LogP contribution in [0.15, 0.2) is 79.0 Å². The predicted octanol–water partition coefficient (Wildman–Crippen LogP) is 5.05. The predicted molar refractivity (Wildman–Crippen MR) is 117 cm³/mol. The molecule has 0 fully saturated rings. The first kappa shape index (κ1) is 17.9. The van der Waals surface area contributed by atoms with Gasteiger partial charge in [-0.2, -0.15) is 4.73 Å². The smallest absolute Gasteiger partial charge is 0.255 e. The zero-order chi connectivity index (χ0) is 20.7. The number of aryl methyl sites for hydroxylation is 1. The van der Waals surface area contributed by atoms with Crippen LogP contribution in [-0.2, 0) is 0 Å². The SMILES string of the molecule is Cc1ccc2nc(-c3ccc(NC(=O)c4ccc5ncccc5c4)cc3)n(O)c2c1. The van der Waals surface area contributed by atoms with Crippen LogP contribution in [0.5, 0.6) is 0 Å². The van der Waals surface area contributed by atoms with E-state index in [2.05, 4.69) is 15.3 Å². The molecule has 2 heterocycles. The first-order chi connectivity index (χ1) is 14.6. The summed E-state index contributed by atoms with van der Waals surface area (Å²) in [5, 5.41) is 14.3. The molecule has 5 rings (SSSR count). The Kier molecular flexibility index (Phi) is 4.17. The maximum atomic E-state index is 12.6. The normalized spacial score (nSPS) is 11.1. The van der Waals surface area contributed by atoms with E-state index in [-0.39, 0.29) is 5.91 Å². The number of nitrogens with one attached hydrogen (secondary N) is 1. The molecule has 5 aromatic rings. The minimum Gasteiger partial charge on any atom is -0.426 e. The average Bonchev–Trinajstić information content (AvgIpc) is 3.10. The molecule has 6 nitrogen and oxygen atoms in total.